The molecule has 0 radical (unpaired) electrons. The van der Waals surface area contributed by atoms with Gasteiger partial charge in [-0.25, -0.2) is 8.78 Å². The Morgan fingerprint density at radius 3 is 2.25 bits per heavy atom. The molecule has 0 N–H and O–H groups in total. The van der Waals surface area contributed by atoms with Gasteiger partial charge in [-0.2, -0.15) is 5.26 Å². The van der Waals surface area contributed by atoms with E-state index in [1.54, 1.807) is 0 Å². The van der Waals surface area contributed by atoms with Crippen molar-refractivity contribution in [2.45, 2.75) is 12.8 Å². The van der Waals surface area contributed by atoms with Gasteiger partial charge in [0.15, 0.2) is 12.4 Å². The van der Waals surface area contributed by atoms with Crippen LogP contribution < -0.4 is 4.74 Å². The van der Waals surface area contributed by atoms with Crippen molar-refractivity contribution in [1.29, 1.82) is 5.26 Å². The monoisotopic (exact) mass is 265 g/mol. The van der Waals surface area contributed by atoms with Crippen LogP contribution in [0.3, 0.4) is 0 Å². The molecule has 0 heterocycles. The van der Waals surface area contributed by atoms with E-state index in [2.05, 4.69) is 0 Å². The van der Waals surface area contributed by atoms with E-state index in [1.807, 2.05) is 6.07 Å². The Kier molecular flexibility index (Phi) is 3.95. The van der Waals surface area contributed by atoms with E-state index in [4.69, 9.17) is 33.2 Å². The normalized spacial score (nSPS) is 11.0. The van der Waals surface area contributed by atoms with Crippen LogP contribution in [0.5, 0.6) is 5.75 Å². The van der Waals surface area contributed by atoms with Crippen LogP contribution in [0.4, 0.5) is 8.78 Å². The third-order valence-corrected chi connectivity index (χ3v) is 2.16. The van der Waals surface area contributed by atoms with Crippen molar-refractivity contribution in [1.82, 2.24) is 0 Å². The molecule has 0 aromatic heterocycles. The molecule has 0 bridgehead atoms. The molecule has 1 aromatic rings. The summed E-state index contributed by atoms with van der Waals surface area (Å²) in [7, 11) is 0. The van der Waals surface area contributed by atoms with Crippen LogP contribution in [0, 0.1) is 11.3 Å². The molecule has 0 saturated carbocycles. The summed E-state index contributed by atoms with van der Waals surface area (Å²) in [6.07, 6.45) is 0. The lowest BCUT2D eigenvalue weighted by molar-refractivity contribution is -0.0228. The van der Waals surface area contributed by atoms with E-state index >= 15 is 0 Å². The minimum atomic E-state index is -2.97. The molecule has 0 unspecified atom stereocenters. The summed E-state index contributed by atoms with van der Waals surface area (Å²) in [4.78, 5) is 0. The van der Waals surface area contributed by atoms with Gasteiger partial charge in [0.1, 0.15) is 0 Å². The Labute approximate surface area is 101 Å². The van der Waals surface area contributed by atoms with E-state index in [9.17, 15) is 8.78 Å². The number of nitriles is 1. The Hall–Kier alpha value is -1.05. The first-order valence-electron chi connectivity index (χ1n) is 4.23. The van der Waals surface area contributed by atoms with Crippen LogP contribution in [-0.4, -0.2) is 12.5 Å². The van der Waals surface area contributed by atoms with Crippen LogP contribution in [0.15, 0.2) is 12.1 Å². The van der Waals surface area contributed by atoms with Crippen LogP contribution in [0.2, 0.25) is 10.0 Å². The molecule has 0 saturated heterocycles. The maximum Gasteiger partial charge on any atom is 0.278 e. The molecule has 0 amide bonds. The Morgan fingerprint density at radius 1 is 1.38 bits per heavy atom. The van der Waals surface area contributed by atoms with Crippen molar-refractivity contribution < 1.29 is 13.5 Å². The largest absolute Gasteiger partial charge is 0.484 e. The van der Waals surface area contributed by atoms with Crippen LogP contribution in [-0.2, 0) is 0 Å². The van der Waals surface area contributed by atoms with Crippen LogP contribution >= 0.6 is 23.2 Å². The maximum absolute atomic E-state index is 12.6. The standard InChI is InChI=1S/C10H7Cl2F2NO/c1-10(13,14)5-16-9-7(11)2-6(4-15)3-8(9)12/h2-3H,5H2,1H3. The minimum absolute atomic E-state index is 0.0355. The highest BCUT2D eigenvalue weighted by atomic mass is 35.5. The van der Waals surface area contributed by atoms with Crippen LogP contribution in [0.1, 0.15) is 12.5 Å². The number of hydrogen-bond acceptors (Lipinski definition) is 2. The van der Waals surface area contributed by atoms with Gasteiger partial charge in [-0.3, -0.25) is 0 Å². The minimum Gasteiger partial charge on any atom is -0.484 e. The number of nitrogens with zero attached hydrogens (tertiary/aromatic N) is 1. The van der Waals surface area contributed by atoms with Crippen molar-refractivity contribution in [3.05, 3.63) is 27.7 Å². The first-order valence-corrected chi connectivity index (χ1v) is 4.99. The predicted molar refractivity (Wildman–Crippen MR) is 57.3 cm³/mol. The molecule has 0 aliphatic rings. The maximum atomic E-state index is 12.6. The summed E-state index contributed by atoms with van der Waals surface area (Å²) in [5, 5.41) is 8.68. The van der Waals surface area contributed by atoms with Gasteiger partial charge < -0.3 is 4.74 Å². The van der Waals surface area contributed by atoms with Gasteiger partial charge >= 0.3 is 0 Å². The topological polar surface area (TPSA) is 33.0 Å². The summed E-state index contributed by atoms with van der Waals surface area (Å²) in [5.74, 6) is -3.01. The molecule has 2 nitrogen and oxygen atoms in total. The van der Waals surface area contributed by atoms with Crippen molar-refractivity contribution in [3.8, 4) is 11.8 Å². The fourth-order valence-corrected chi connectivity index (χ4v) is 1.56. The highest BCUT2D eigenvalue weighted by Gasteiger charge is 2.23. The number of rotatable bonds is 3. The van der Waals surface area contributed by atoms with Crippen LogP contribution in [0.25, 0.3) is 0 Å². The van der Waals surface area contributed by atoms with Gasteiger partial charge in [0.05, 0.1) is 21.7 Å². The predicted octanol–water partition coefficient (Wildman–Crippen LogP) is 3.90. The summed E-state index contributed by atoms with van der Waals surface area (Å²) in [6, 6.07) is 4.44. The zero-order chi connectivity index (χ0) is 12.3. The first-order chi connectivity index (χ1) is 7.33. The average molecular weight is 266 g/mol. The molecular weight excluding hydrogens is 259 g/mol. The van der Waals surface area contributed by atoms with E-state index in [0.717, 1.165) is 6.92 Å². The van der Waals surface area contributed by atoms with E-state index < -0.39 is 12.5 Å². The summed E-state index contributed by atoms with van der Waals surface area (Å²) in [6.45, 7) is -0.100. The second-order valence-electron chi connectivity index (χ2n) is 3.24. The molecule has 6 heteroatoms. The molecule has 0 fully saturated rings. The molecule has 0 aliphatic heterocycles. The Bertz CT molecular complexity index is 414. The van der Waals surface area contributed by atoms with Gasteiger partial charge in [0.2, 0.25) is 0 Å². The number of ether oxygens (including phenoxy) is 1. The van der Waals surface area contributed by atoms with E-state index in [-0.39, 0.29) is 21.4 Å². The smallest absolute Gasteiger partial charge is 0.278 e. The molecule has 1 rings (SSSR count). The molecule has 86 valence electrons. The zero-order valence-electron chi connectivity index (χ0n) is 8.23. The molecule has 0 atom stereocenters. The first kappa shape index (κ1) is 13.0. The van der Waals surface area contributed by atoms with Crippen molar-refractivity contribution >= 4 is 23.2 Å². The van der Waals surface area contributed by atoms with E-state index in [0.29, 0.717) is 0 Å². The van der Waals surface area contributed by atoms with Crippen molar-refractivity contribution in [3.63, 3.8) is 0 Å². The highest BCUT2D eigenvalue weighted by molar-refractivity contribution is 6.37. The summed E-state index contributed by atoms with van der Waals surface area (Å²) in [5.41, 5.74) is 0.241. The van der Waals surface area contributed by atoms with Gasteiger partial charge in [-0.15, -0.1) is 0 Å². The third-order valence-electron chi connectivity index (χ3n) is 1.60. The Balaban J connectivity index is 2.94. The van der Waals surface area contributed by atoms with Crippen molar-refractivity contribution in [2.24, 2.45) is 0 Å². The zero-order valence-corrected chi connectivity index (χ0v) is 9.74. The molecule has 0 aliphatic carbocycles. The number of hydrogen-bond donors (Lipinski definition) is 0. The quantitative estimate of drug-likeness (QED) is 0.831. The fourth-order valence-electron chi connectivity index (χ4n) is 0.961. The van der Waals surface area contributed by atoms with Gasteiger partial charge in [-0.05, 0) is 12.1 Å². The number of halogens is 4. The summed E-state index contributed by atoms with van der Waals surface area (Å²) < 4.78 is 29.9. The lowest BCUT2D eigenvalue weighted by Crippen LogP contribution is -2.21. The van der Waals surface area contributed by atoms with E-state index in [1.165, 1.54) is 12.1 Å². The third kappa shape index (κ3) is 3.51. The molecular formula is C10H7Cl2F2NO. The molecule has 1 aromatic carbocycles. The van der Waals surface area contributed by atoms with Gasteiger partial charge in [0, 0.05) is 6.92 Å². The number of alkyl halides is 2. The molecule has 16 heavy (non-hydrogen) atoms. The van der Waals surface area contributed by atoms with Crippen molar-refractivity contribution in [2.75, 3.05) is 6.61 Å². The van der Waals surface area contributed by atoms with Gasteiger partial charge in [0.25, 0.3) is 5.92 Å². The Morgan fingerprint density at radius 2 is 1.88 bits per heavy atom. The second-order valence-corrected chi connectivity index (χ2v) is 4.05. The number of benzene rings is 1. The lowest BCUT2D eigenvalue weighted by atomic mass is 10.2. The lowest BCUT2D eigenvalue weighted by Gasteiger charge is -2.14. The average Bonchev–Trinajstić information content (AvgIpc) is 2.14. The SMILES string of the molecule is CC(F)(F)COc1c(Cl)cc(C#N)cc1Cl. The fraction of sp³-hybridized carbons (Fsp3) is 0.300. The van der Waals surface area contributed by atoms with Gasteiger partial charge in [-0.1, -0.05) is 23.2 Å². The second kappa shape index (κ2) is 4.86. The molecule has 0 spiro atoms. The summed E-state index contributed by atoms with van der Waals surface area (Å²) >= 11 is 11.5. The highest BCUT2D eigenvalue weighted by Crippen LogP contribution is 2.34.